The van der Waals surface area contributed by atoms with E-state index in [9.17, 15) is 4.79 Å². The smallest absolute Gasteiger partial charge is 0.307 e. The Morgan fingerprint density at radius 2 is 2.11 bits per heavy atom. The van der Waals surface area contributed by atoms with Gasteiger partial charge in [0.25, 0.3) is 0 Å². The molecule has 0 amide bonds. The molecular weight excluding hydrogens is 248 g/mol. The van der Waals surface area contributed by atoms with Crippen LogP contribution in [0.15, 0.2) is 36.5 Å². The first kappa shape index (κ1) is 12.7. The van der Waals surface area contributed by atoms with Gasteiger partial charge in [-0.2, -0.15) is 12.6 Å². The highest BCUT2D eigenvalue weighted by molar-refractivity contribution is 7.80. The Morgan fingerprint density at radius 3 is 2.83 bits per heavy atom. The van der Waals surface area contributed by atoms with Crippen LogP contribution in [0.4, 0.5) is 0 Å². The Morgan fingerprint density at radius 1 is 1.33 bits per heavy atom. The van der Waals surface area contributed by atoms with Crippen molar-refractivity contribution in [2.45, 2.75) is 13.0 Å². The maximum Gasteiger partial charge on any atom is 0.307 e. The predicted octanol–water partition coefficient (Wildman–Crippen LogP) is 2.44. The van der Waals surface area contributed by atoms with Crippen LogP contribution in [0.5, 0.6) is 0 Å². The van der Waals surface area contributed by atoms with E-state index in [2.05, 4.69) is 22.6 Å². The van der Waals surface area contributed by atoms with Crippen LogP contribution in [0, 0.1) is 0 Å². The fourth-order valence-corrected chi connectivity index (χ4v) is 1.68. The number of carbonyl (C=O) groups is 1. The zero-order valence-corrected chi connectivity index (χ0v) is 10.7. The summed E-state index contributed by atoms with van der Waals surface area (Å²) in [6, 6.07) is 9.78. The van der Waals surface area contributed by atoms with E-state index >= 15 is 0 Å². The number of thiol groups is 1. The number of imidazole rings is 1. The van der Waals surface area contributed by atoms with Gasteiger partial charge in [0.05, 0.1) is 18.3 Å². The molecule has 0 aliphatic rings. The summed E-state index contributed by atoms with van der Waals surface area (Å²) in [4.78, 5) is 18.6. The fraction of sp³-hybridized carbons (Fsp3) is 0.231. The highest BCUT2D eigenvalue weighted by atomic mass is 32.1. The van der Waals surface area contributed by atoms with Gasteiger partial charge in [-0.25, -0.2) is 4.98 Å². The van der Waals surface area contributed by atoms with Gasteiger partial charge in [-0.15, -0.1) is 0 Å². The van der Waals surface area contributed by atoms with Crippen molar-refractivity contribution < 1.29 is 9.53 Å². The van der Waals surface area contributed by atoms with Gasteiger partial charge in [0.2, 0.25) is 0 Å². The van der Waals surface area contributed by atoms with Crippen LogP contribution in [0.3, 0.4) is 0 Å². The van der Waals surface area contributed by atoms with Crippen molar-refractivity contribution in [1.82, 2.24) is 9.97 Å². The van der Waals surface area contributed by atoms with Crippen molar-refractivity contribution in [3.63, 3.8) is 0 Å². The van der Waals surface area contributed by atoms with Crippen molar-refractivity contribution in [3.05, 3.63) is 42.2 Å². The van der Waals surface area contributed by atoms with Crippen LogP contribution in [-0.4, -0.2) is 21.7 Å². The number of hydrogen-bond acceptors (Lipinski definition) is 4. The Balaban J connectivity index is 1.97. The van der Waals surface area contributed by atoms with Gasteiger partial charge in [-0.3, -0.25) is 4.79 Å². The van der Waals surface area contributed by atoms with E-state index in [0.717, 1.165) is 17.1 Å². The zero-order valence-electron chi connectivity index (χ0n) is 9.80. The van der Waals surface area contributed by atoms with E-state index in [0.29, 0.717) is 12.2 Å². The van der Waals surface area contributed by atoms with E-state index in [-0.39, 0.29) is 12.6 Å². The first-order valence-corrected chi connectivity index (χ1v) is 6.28. The molecule has 5 heteroatoms. The molecule has 1 aromatic carbocycles. The Hall–Kier alpha value is -1.75. The summed E-state index contributed by atoms with van der Waals surface area (Å²) >= 11 is 3.97. The summed E-state index contributed by atoms with van der Waals surface area (Å²) < 4.78 is 5.06. The first-order chi connectivity index (χ1) is 8.79. The second-order valence-corrected chi connectivity index (χ2v) is 4.20. The molecule has 0 aliphatic heterocycles. The Bertz CT molecular complexity index is 511. The molecule has 0 saturated carbocycles. The first-order valence-electron chi connectivity index (χ1n) is 5.65. The third-order valence-corrected chi connectivity index (χ3v) is 2.60. The van der Waals surface area contributed by atoms with Gasteiger partial charge in [-0.1, -0.05) is 30.3 Å². The summed E-state index contributed by atoms with van der Waals surface area (Å²) in [5.74, 6) is 1.02. The molecule has 0 spiro atoms. The zero-order chi connectivity index (χ0) is 12.8. The van der Waals surface area contributed by atoms with Gasteiger partial charge in [0, 0.05) is 11.3 Å². The quantitative estimate of drug-likeness (QED) is 0.643. The normalized spacial score (nSPS) is 10.3. The molecular formula is C13H14N2O2S. The minimum absolute atomic E-state index is 0.215. The summed E-state index contributed by atoms with van der Waals surface area (Å²) in [6.45, 7) is 0.215. The number of aromatic amines is 1. The van der Waals surface area contributed by atoms with E-state index in [4.69, 9.17) is 4.74 Å². The largest absolute Gasteiger partial charge is 0.459 e. The number of ether oxygens (including phenoxy) is 1. The van der Waals surface area contributed by atoms with E-state index in [1.807, 2.05) is 30.3 Å². The standard InChI is InChI=1S/C13H14N2O2S/c16-12(6-7-18)17-9-11-8-14-13(15-11)10-4-2-1-3-5-10/h1-5,8,18H,6-7,9H2,(H,14,15). The molecule has 4 nitrogen and oxygen atoms in total. The molecule has 94 valence electrons. The van der Waals surface area contributed by atoms with Crippen molar-refractivity contribution in [2.24, 2.45) is 0 Å². The lowest BCUT2D eigenvalue weighted by molar-refractivity contribution is -0.144. The topological polar surface area (TPSA) is 55.0 Å². The highest BCUT2D eigenvalue weighted by Gasteiger charge is 2.05. The number of esters is 1. The molecule has 0 unspecified atom stereocenters. The molecule has 0 aliphatic carbocycles. The fourth-order valence-electron chi connectivity index (χ4n) is 1.50. The average molecular weight is 262 g/mol. The Kier molecular flexibility index (Phi) is 4.41. The van der Waals surface area contributed by atoms with Crippen LogP contribution in [0.25, 0.3) is 11.4 Å². The third-order valence-electron chi connectivity index (χ3n) is 2.38. The molecule has 0 atom stereocenters. The molecule has 18 heavy (non-hydrogen) atoms. The van der Waals surface area contributed by atoms with E-state index in [1.165, 1.54) is 0 Å². The minimum atomic E-state index is -0.249. The second-order valence-electron chi connectivity index (χ2n) is 3.76. The Labute approximate surface area is 111 Å². The van der Waals surface area contributed by atoms with Gasteiger partial charge < -0.3 is 9.72 Å². The summed E-state index contributed by atoms with van der Waals surface area (Å²) in [5, 5.41) is 0. The maximum atomic E-state index is 11.2. The summed E-state index contributed by atoms with van der Waals surface area (Å²) in [5.41, 5.74) is 1.78. The predicted molar refractivity (Wildman–Crippen MR) is 72.3 cm³/mol. The number of aromatic nitrogens is 2. The third kappa shape index (κ3) is 3.37. The van der Waals surface area contributed by atoms with Crippen LogP contribution >= 0.6 is 12.6 Å². The average Bonchev–Trinajstić information content (AvgIpc) is 2.87. The van der Waals surface area contributed by atoms with E-state index < -0.39 is 0 Å². The van der Waals surface area contributed by atoms with Crippen LogP contribution in [0.2, 0.25) is 0 Å². The van der Waals surface area contributed by atoms with E-state index in [1.54, 1.807) is 6.20 Å². The summed E-state index contributed by atoms with van der Waals surface area (Å²) in [7, 11) is 0. The molecule has 0 fully saturated rings. The SMILES string of the molecule is O=C(CCS)OCc1cnc(-c2ccccc2)[nH]1. The lowest BCUT2D eigenvalue weighted by atomic mass is 10.2. The molecule has 1 heterocycles. The minimum Gasteiger partial charge on any atom is -0.459 e. The molecule has 2 aromatic rings. The number of nitrogens with one attached hydrogen (secondary N) is 1. The lowest BCUT2D eigenvalue weighted by Crippen LogP contribution is -2.05. The van der Waals surface area contributed by atoms with Crippen molar-refractivity contribution >= 4 is 18.6 Å². The number of nitrogens with zero attached hydrogens (tertiary/aromatic N) is 1. The number of hydrogen-bond donors (Lipinski definition) is 2. The van der Waals surface area contributed by atoms with Crippen LogP contribution in [-0.2, 0) is 16.1 Å². The highest BCUT2D eigenvalue weighted by Crippen LogP contribution is 2.15. The van der Waals surface area contributed by atoms with Crippen molar-refractivity contribution in [1.29, 1.82) is 0 Å². The van der Waals surface area contributed by atoms with Gasteiger partial charge >= 0.3 is 5.97 Å². The van der Waals surface area contributed by atoms with Gasteiger partial charge in [0.1, 0.15) is 12.4 Å². The monoisotopic (exact) mass is 262 g/mol. The van der Waals surface area contributed by atoms with Crippen LogP contribution in [0.1, 0.15) is 12.1 Å². The maximum absolute atomic E-state index is 11.2. The molecule has 2 rings (SSSR count). The van der Waals surface area contributed by atoms with Crippen LogP contribution < -0.4 is 0 Å². The van der Waals surface area contributed by atoms with Crippen molar-refractivity contribution in [3.8, 4) is 11.4 Å². The molecule has 1 N–H and O–H groups in total. The number of rotatable bonds is 5. The molecule has 0 bridgehead atoms. The van der Waals surface area contributed by atoms with Crippen molar-refractivity contribution in [2.75, 3.05) is 5.75 Å². The molecule has 0 saturated heterocycles. The van der Waals surface area contributed by atoms with Gasteiger partial charge in [-0.05, 0) is 0 Å². The van der Waals surface area contributed by atoms with Gasteiger partial charge in [0.15, 0.2) is 0 Å². The molecule has 0 radical (unpaired) electrons. The number of carbonyl (C=O) groups excluding carboxylic acids is 1. The summed E-state index contributed by atoms with van der Waals surface area (Å²) in [6.07, 6.45) is 2.00. The number of H-pyrrole nitrogens is 1. The lowest BCUT2D eigenvalue weighted by Gasteiger charge is -2.01. The second kappa shape index (κ2) is 6.26. The molecule has 1 aromatic heterocycles. The number of benzene rings is 1.